The van der Waals surface area contributed by atoms with Crippen LogP contribution in [0.4, 0.5) is 0 Å². The molecule has 24 heavy (non-hydrogen) atoms. The molecule has 1 rings (SSSR count). The van der Waals surface area contributed by atoms with Crippen molar-refractivity contribution in [3.63, 3.8) is 0 Å². The molecule has 0 bridgehead atoms. The minimum Gasteiger partial charge on any atom is -0.491 e. The zero-order chi connectivity index (χ0) is 16.8. The first-order chi connectivity index (χ1) is 11.3. The van der Waals surface area contributed by atoms with E-state index in [1.54, 1.807) is 7.11 Å². The van der Waals surface area contributed by atoms with Crippen molar-refractivity contribution in [2.75, 3.05) is 33.4 Å². The molecule has 1 aromatic carbocycles. The number of benzene rings is 1. The third kappa shape index (κ3) is 10.7. The van der Waals surface area contributed by atoms with Crippen molar-refractivity contribution in [1.29, 1.82) is 0 Å². The maximum Gasteiger partial charge on any atom is 0.191 e. The third-order valence-electron chi connectivity index (χ3n) is 3.32. The van der Waals surface area contributed by atoms with Crippen LogP contribution in [0.25, 0.3) is 0 Å². The smallest absolute Gasteiger partial charge is 0.191 e. The number of halogens is 1. The molecule has 138 valence electrons. The highest BCUT2D eigenvalue weighted by molar-refractivity contribution is 14.0. The second kappa shape index (κ2) is 15.5. The highest BCUT2D eigenvalue weighted by Crippen LogP contribution is 2.12. The van der Waals surface area contributed by atoms with Crippen molar-refractivity contribution in [3.8, 4) is 5.75 Å². The Labute approximate surface area is 163 Å². The Morgan fingerprint density at radius 1 is 1.04 bits per heavy atom. The van der Waals surface area contributed by atoms with Gasteiger partial charge in [0.25, 0.3) is 0 Å². The van der Waals surface area contributed by atoms with Crippen molar-refractivity contribution < 1.29 is 9.47 Å². The van der Waals surface area contributed by atoms with Gasteiger partial charge in [0.2, 0.25) is 0 Å². The lowest BCUT2D eigenvalue weighted by atomic mass is 10.2. The minimum absolute atomic E-state index is 0. The van der Waals surface area contributed by atoms with Gasteiger partial charge in [0.1, 0.15) is 12.4 Å². The maximum atomic E-state index is 5.56. The zero-order valence-electron chi connectivity index (χ0n) is 15.1. The van der Waals surface area contributed by atoms with Crippen LogP contribution in [0, 0.1) is 0 Å². The van der Waals surface area contributed by atoms with E-state index in [0.29, 0.717) is 19.8 Å². The molecule has 6 heteroatoms. The SMILES string of the molecule is CCCCCNC(=NCc1ccc(OCCOC)cc1)NCC.I. The molecule has 0 aliphatic heterocycles. The molecule has 0 aliphatic rings. The van der Waals surface area contributed by atoms with Crippen LogP contribution in [0.2, 0.25) is 0 Å². The molecule has 0 atom stereocenters. The van der Waals surface area contributed by atoms with Crippen LogP contribution in [0.5, 0.6) is 5.75 Å². The van der Waals surface area contributed by atoms with Crippen molar-refractivity contribution in [2.45, 2.75) is 39.7 Å². The lowest BCUT2D eigenvalue weighted by Gasteiger charge is -2.11. The third-order valence-corrected chi connectivity index (χ3v) is 3.32. The number of guanidine groups is 1. The normalized spacial score (nSPS) is 10.9. The van der Waals surface area contributed by atoms with E-state index in [1.807, 2.05) is 24.3 Å². The summed E-state index contributed by atoms with van der Waals surface area (Å²) in [7, 11) is 1.67. The fraction of sp³-hybridized carbons (Fsp3) is 0.611. The van der Waals surface area contributed by atoms with E-state index < -0.39 is 0 Å². The Bertz CT molecular complexity index is 438. The second-order valence-corrected chi connectivity index (χ2v) is 5.31. The van der Waals surface area contributed by atoms with Gasteiger partial charge in [0.05, 0.1) is 13.2 Å². The summed E-state index contributed by atoms with van der Waals surface area (Å²) < 4.78 is 10.5. The molecule has 0 spiro atoms. The summed E-state index contributed by atoms with van der Waals surface area (Å²) in [6.07, 6.45) is 3.65. The van der Waals surface area contributed by atoms with Crippen LogP contribution in [-0.2, 0) is 11.3 Å². The summed E-state index contributed by atoms with van der Waals surface area (Å²) in [6.45, 7) is 7.94. The lowest BCUT2D eigenvalue weighted by molar-refractivity contribution is 0.146. The Morgan fingerprint density at radius 3 is 2.42 bits per heavy atom. The number of unbranched alkanes of at least 4 members (excludes halogenated alkanes) is 2. The molecule has 0 aromatic heterocycles. The monoisotopic (exact) mass is 449 g/mol. The van der Waals surface area contributed by atoms with Gasteiger partial charge in [-0.3, -0.25) is 0 Å². The summed E-state index contributed by atoms with van der Waals surface area (Å²) in [5, 5.41) is 6.65. The molecule has 0 heterocycles. The quantitative estimate of drug-likeness (QED) is 0.235. The van der Waals surface area contributed by atoms with E-state index in [2.05, 4.69) is 29.5 Å². The second-order valence-electron chi connectivity index (χ2n) is 5.31. The summed E-state index contributed by atoms with van der Waals surface area (Å²) in [5.41, 5.74) is 1.16. The molecule has 5 nitrogen and oxygen atoms in total. The fourth-order valence-corrected chi connectivity index (χ4v) is 2.03. The van der Waals surface area contributed by atoms with E-state index in [4.69, 9.17) is 9.47 Å². The first kappa shape index (κ1) is 23.0. The number of methoxy groups -OCH3 is 1. The number of nitrogens with one attached hydrogen (secondary N) is 2. The van der Waals surface area contributed by atoms with E-state index in [0.717, 1.165) is 30.4 Å². The number of rotatable bonds is 11. The average molecular weight is 449 g/mol. The lowest BCUT2D eigenvalue weighted by Crippen LogP contribution is -2.37. The number of nitrogens with zero attached hydrogens (tertiary/aromatic N) is 1. The molecule has 2 N–H and O–H groups in total. The Kier molecular flexibility index (Phi) is 14.8. The highest BCUT2D eigenvalue weighted by atomic mass is 127. The van der Waals surface area contributed by atoms with E-state index >= 15 is 0 Å². The standard InChI is InChI=1S/C18H31N3O2.HI/c1-4-6-7-12-20-18(19-5-2)21-15-16-8-10-17(11-9-16)23-14-13-22-3;/h8-11H,4-7,12-15H2,1-3H3,(H2,19,20,21);1H. The Hall–Kier alpha value is -1.02. The average Bonchev–Trinajstić information content (AvgIpc) is 2.58. The molecule has 0 aliphatic carbocycles. The largest absolute Gasteiger partial charge is 0.491 e. The van der Waals surface area contributed by atoms with Gasteiger partial charge in [-0.1, -0.05) is 31.9 Å². The summed E-state index contributed by atoms with van der Waals surface area (Å²) in [4.78, 5) is 4.62. The molecule has 0 saturated heterocycles. The van der Waals surface area contributed by atoms with Crippen molar-refractivity contribution >= 4 is 29.9 Å². The van der Waals surface area contributed by atoms with Gasteiger partial charge in [0.15, 0.2) is 5.96 Å². The summed E-state index contributed by atoms with van der Waals surface area (Å²) >= 11 is 0. The molecule has 0 radical (unpaired) electrons. The van der Waals surface area contributed by atoms with Crippen LogP contribution < -0.4 is 15.4 Å². The van der Waals surface area contributed by atoms with Crippen molar-refractivity contribution in [1.82, 2.24) is 10.6 Å². The predicted octanol–water partition coefficient (Wildman–Crippen LogP) is 3.58. The Balaban J connectivity index is 0.00000529. The minimum atomic E-state index is 0. The van der Waals surface area contributed by atoms with Crippen molar-refractivity contribution in [2.24, 2.45) is 4.99 Å². The van der Waals surface area contributed by atoms with Gasteiger partial charge in [-0.15, -0.1) is 24.0 Å². The molecule has 0 amide bonds. The fourth-order valence-electron chi connectivity index (χ4n) is 2.03. The van der Waals surface area contributed by atoms with Gasteiger partial charge < -0.3 is 20.1 Å². The van der Waals surface area contributed by atoms with Gasteiger partial charge in [0, 0.05) is 20.2 Å². The number of hydrogen-bond acceptors (Lipinski definition) is 3. The van der Waals surface area contributed by atoms with Crippen LogP contribution in [0.1, 0.15) is 38.7 Å². The van der Waals surface area contributed by atoms with Crippen LogP contribution >= 0.6 is 24.0 Å². The first-order valence-electron chi connectivity index (χ1n) is 8.53. The van der Waals surface area contributed by atoms with Gasteiger partial charge in [-0.2, -0.15) is 0 Å². The first-order valence-corrected chi connectivity index (χ1v) is 8.53. The van der Waals surface area contributed by atoms with Gasteiger partial charge in [-0.25, -0.2) is 4.99 Å². The van der Waals surface area contributed by atoms with Crippen molar-refractivity contribution in [3.05, 3.63) is 29.8 Å². The number of aliphatic imine (C=N–C) groups is 1. The van der Waals surface area contributed by atoms with Crippen LogP contribution in [0.15, 0.2) is 29.3 Å². The van der Waals surface area contributed by atoms with E-state index in [-0.39, 0.29) is 24.0 Å². The van der Waals surface area contributed by atoms with Crippen LogP contribution in [0.3, 0.4) is 0 Å². The topological polar surface area (TPSA) is 54.9 Å². The van der Waals surface area contributed by atoms with Crippen LogP contribution in [-0.4, -0.2) is 39.4 Å². The van der Waals surface area contributed by atoms with Gasteiger partial charge >= 0.3 is 0 Å². The predicted molar refractivity (Wildman–Crippen MR) is 112 cm³/mol. The zero-order valence-corrected chi connectivity index (χ0v) is 17.5. The summed E-state index contributed by atoms with van der Waals surface area (Å²) in [6, 6.07) is 8.04. The summed E-state index contributed by atoms with van der Waals surface area (Å²) in [5.74, 6) is 1.74. The molecule has 0 fully saturated rings. The van der Waals surface area contributed by atoms with E-state index in [1.165, 1.54) is 19.3 Å². The molecule has 0 unspecified atom stereocenters. The molecular formula is C18H32IN3O2. The Morgan fingerprint density at radius 2 is 1.79 bits per heavy atom. The molecule has 0 saturated carbocycles. The number of hydrogen-bond donors (Lipinski definition) is 2. The van der Waals surface area contributed by atoms with E-state index in [9.17, 15) is 0 Å². The molecular weight excluding hydrogens is 417 g/mol. The van der Waals surface area contributed by atoms with Gasteiger partial charge in [-0.05, 0) is 31.0 Å². The molecule has 1 aromatic rings. The maximum absolute atomic E-state index is 5.56. The highest BCUT2D eigenvalue weighted by Gasteiger charge is 1.98. The number of ether oxygens (including phenoxy) is 2.